The van der Waals surface area contributed by atoms with Crippen molar-refractivity contribution >= 4 is 11.4 Å². The molecule has 1 heterocycles. The van der Waals surface area contributed by atoms with Crippen molar-refractivity contribution in [3.8, 4) is 0 Å². The Morgan fingerprint density at radius 2 is 0.814 bits per heavy atom. The molecule has 2 aromatic carbocycles. The number of allylic oxidation sites excluding steroid dienone is 4. The van der Waals surface area contributed by atoms with Gasteiger partial charge >= 0.3 is 64.8 Å². The van der Waals surface area contributed by atoms with Crippen LogP contribution in [-0.2, 0) is 40.1 Å². The Kier molecular flexibility index (Phi) is 30.8. The van der Waals surface area contributed by atoms with Gasteiger partial charge in [0, 0.05) is 16.7 Å². The van der Waals surface area contributed by atoms with Crippen molar-refractivity contribution in [1.82, 2.24) is 0 Å². The number of nitrogens with zero attached hydrogens (tertiary/aromatic N) is 2. The van der Waals surface area contributed by atoms with Crippen molar-refractivity contribution in [1.29, 1.82) is 0 Å². The molecule has 0 spiro atoms. The van der Waals surface area contributed by atoms with Crippen molar-refractivity contribution in [3.63, 3.8) is 0 Å². The van der Waals surface area contributed by atoms with Crippen LogP contribution in [0.15, 0.2) is 59.7 Å². The van der Waals surface area contributed by atoms with Crippen molar-refractivity contribution in [2.75, 3.05) is 0 Å². The molecule has 59 heavy (non-hydrogen) atoms. The second kappa shape index (κ2) is 34.4. The SMILES string of the molecule is CCCCCCCCCCCCC=CC1=C(c2cc(CCCC)cc(CCCC)c2)[N+](=[N-])C(c2cc(CCCC)cc(CCCC)c2)=C1CC.CCC[CH2][Ni][CH2]CCC. The molecule has 0 aliphatic carbocycles. The molecular formula is C56H92N2Ni. The molecule has 0 unspecified atom stereocenters. The van der Waals surface area contributed by atoms with Gasteiger partial charge in [0.15, 0.2) is 0 Å². The third kappa shape index (κ3) is 20.9. The summed E-state index contributed by atoms with van der Waals surface area (Å²) >= 11 is 1.94. The van der Waals surface area contributed by atoms with Gasteiger partial charge in [-0.1, -0.05) is 149 Å². The van der Waals surface area contributed by atoms with E-state index in [9.17, 15) is 5.53 Å². The summed E-state index contributed by atoms with van der Waals surface area (Å²) in [4.78, 5) is 0. The van der Waals surface area contributed by atoms with Crippen LogP contribution in [0, 0.1) is 0 Å². The van der Waals surface area contributed by atoms with Crippen LogP contribution in [0.1, 0.15) is 243 Å². The summed E-state index contributed by atoms with van der Waals surface area (Å²) in [6.07, 6.45) is 39.8. The van der Waals surface area contributed by atoms with Crippen LogP contribution < -0.4 is 0 Å². The molecule has 0 atom stereocenters. The topological polar surface area (TPSA) is 25.3 Å². The normalized spacial score (nSPS) is 13.1. The Morgan fingerprint density at radius 1 is 0.441 bits per heavy atom. The monoisotopic (exact) mass is 851 g/mol. The molecule has 0 radical (unpaired) electrons. The zero-order chi connectivity index (χ0) is 42.9. The van der Waals surface area contributed by atoms with E-state index in [1.54, 1.807) is 4.70 Å². The van der Waals surface area contributed by atoms with Gasteiger partial charge in [-0.05, 0) is 117 Å². The molecule has 2 nitrogen and oxygen atoms in total. The Hall–Kier alpha value is -2.25. The molecule has 0 bridgehead atoms. The van der Waals surface area contributed by atoms with Gasteiger partial charge in [0.1, 0.15) is 0 Å². The number of unbranched alkanes of at least 4 members (excludes halogenated alkanes) is 16. The molecule has 2 aromatic rings. The molecule has 3 rings (SSSR count). The van der Waals surface area contributed by atoms with E-state index in [0.29, 0.717) is 0 Å². The molecule has 0 aromatic heterocycles. The molecule has 0 saturated heterocycles. The van der Waals surface area contributed by atoms with Crippen molar-refractivity contribution < 1.29 is 19.1 Å². The Balaban J connectivity index is 0.00000119. The van der Waals surface area contributed by atoms with Gasteiger partial charge in [0.25, 0.3) is 0 Å². The van der Waals surface area contributed by atoms with Crippen LogP contribution in [0.4, 0.5) is 0 Å². The van der Waals surface area contributed by atoms with E-state index in [1.807, 2.05) is 14.4 Å². The van der Waals surface area contributed by atoms with Crippen LogP contribution in [0.5, 0.6) is 0 Å². The number of hydrogen-bond donors (Lipinski definition) is 0. The summed E-state index contributed by atoms with van der Waals surface area (Å²) in [5, 5.41) is 2.78. The maximum atomic E-state index is 12.4. The number of benzene rings is 2. The van der Waals surface area contributed by atoms with E-state index < -0.39 is 0 Å². The van der Waals surface area contributed by atoms with Crippen molar-refractivity contribution in [2.24, 2.45) is 0 Å². The van der Waals surface area contributed by atoms with Gasteiger partial charge < -0.3 is 5.53 Å². The summed E-state index contributed by atoms with van der Waals surface area (Å²) < 4.78 is 1.59. The van der Waals surface area contributed by atoms with E-state index in [1.165, 1.54) is 197 Å². The van der Waals surface area contributed by atoms with Crippen molar-refractivity contribution in [2.45, 2.75) is 246 Å². The van der Waals surface area contributed by atoms with Crippen LogP contribution in [0.2, 0.25) is 10.8 Å². The fraction of sp³-hybridized carbons (Fsp3) is 0.679. The predicted octanol–water partition coefficient (Wildman–Crippen LogP) is 19.0. The van der Waals surface area contributed by atoms with Crippen LogP contribution in [0.3, 0.4) is 0 Å². The minimum atomic E-state index is 0.884. The summed E-state index contributed by atoms with van der Waals surface area (Å²) in [5.41, 5.74) is 24.8. The predicted molar refractivity (Wildman–Crippen MR) is 260 cm³/mol. The van der Waals surface area contributed by atoms with Gasteiger partial charge in [-0.3, -0.25) is 0 Å². The van der Waals surface area contributed by atoms with E-state index in [-0.39, 0.29) is 0 Å². The number of rotatable bonds is 33. The summed E-state index contributed by atoms with van der Waals surface area (Å²) in [6.45, 7) is 18.2. The second-order valence-corrected chi connectivity index (χ2v) is 18.8. The minimum absolute atomic E-state index is 0.884. The third-order valence-corrected chi connectivity index (χ3v) is 13.1. The van der Waals surface area contributed by atoms with E-state index in [0.717, 1.165) is 49.9 Å². The first-order chi connectivity index (χ1) is 28.9. The first kappa shape index (κ1) is 52.9. The molecule has 3 heteroatoms. The quantitative estimate of drug-likeness (QED) is 0.0388. The summed E-state index contributed by atoms with van der Waals surface area (Å²) in [5.74, 6) is 0. The molecule has 1 aliphatic rings. The van der Waals surface area contributed by atoms with Crippen LogP contribution in [-0.4, -0.2) is 4.70 Å². The molecule has 0 fully saturated rings. The second-order valence-electron chi connectivity index (χ2n) is 17.3. The Labute approximate surface area is 373 Å². The van der Waals surface area contributed by atoms with Gasteiger partial charge in [-0.15, -0.1) is 0 Å². The van der Waals surface area contributed by atoms with E-state index >= 15 is 0 Å². The summed E-state index contributed by atoms with van der Waals surface area (Å²) in [7, 11) is 0. The van der Waals surface area contributed by atoms with E-state index in [2.05, 4.69) is 104 Å². The third-order valence-electron chi connectivity index (χ3n) is 11.7. The molecular weight excluding hydrogens is 759 g/mol. The Bertz CT molecular complexity index is 1450. The van der Waals surface area contributed by atoms with Crippen LogP contribution in [0.25, 0.3) is 16.9 Å². The zero-order valence-corrected chi connectivity index (χ0v) is 41.0. The zero-order valence-electron chi connectivity index (χ0n) is 40.0. The van der Waals surface area contributed by atoms with Gasteiger partial charge in [-0.25, -0.2) is 4.70 Å². The molecule has 0 saturated carbocycles. The van der Waals surface area contributed by atoms with Gasteiger partial charge in [0.05, 0.1) is 5.57 Å². The molecule has 1 aliphatic heterocycles. The Morgan fingerprint density at radius 3 is 1.20 bits per heavy atom. The van der Waals surface area contributed by atoms with Gasteiger partial charge in [-0.2, -0.15) is 0 Å². The van der Waals surface area contributed by atoms with Crippen LogP contribution >= 0.6 is 0 Å². The first-order valence-electron chi connectivity index (χ1n) is 25.3. The number of hydrogen-bond acceptors (Lipinski definition) is 0. The standard InChI is InChI=1S/C48H74N2.2C4H9.Ni/c1-7-13-18-19-20-21-22-23-24-25-26-27-32-46-45(12-6)47(43-35-39(28-14-8-2)33-40(36-43)29-15-9-3)50(49)48(46)44-37-41(30-16-10-4)34-42(38-44)31-17-11-5;2*1-3-4-2;/h27,32-38H,7-26,28-31H2,1-6H3;2*1,3-4H2,2H3;. The fourth-order valence-corrected chi connectivity index (χ4v) is 9.49. The van der Waals surface area contributed by atoms with Gasteiger partial charge in [0.2, 0.25) is 11.4 Å². The first-order valence-corrected chi connectivity index (χ1v) is 26.7. The number of aryl methyl sites for hydroxylation is 4. The fourth-order valence-electron chi connectivity index (χ4n) is 8.05. The molecule has 336 valence electrons. The van der Waals surface area contributed by atoms with E-state index in [4.69, 9.17) is 0 Å². The maximum absolute atomic E-state index is 12.4. The molecule has 0 amide bonds. The average Bonchev–Trinajstić information content (AvgIpc) is 3.54. The molecule has 0 N–H and O–H groups in total. The average molecular weight is 852 g/mol. The van der Waals surface area contributed by atoms with Crippen molar-refractivity contribution in [3.05, 3.63) is 98.6 Å². The summed E-state index contributed by atoms with van der Waals surface area (Å²) in [6, 6.07) is 14.4.